The number of carbonyl (C=O) groups is 1. The first-order valence-electron chi connectivity index (χ1n) is 7.18. The Morgan fingerprint density at radius 2 is 2.11 bits per heavy atom. The molecule has 0 saturated heterocycles. The number of aryl methyl sites for hydroxylation is 1. The van der Waals surface area contributed by atoms with Crippen LogP contribution in [0.1, 0.15) is 54.3 Å². The summed E-state index contributed by atoms with van der Waals surface area (Å²) in [5, 5.41) is 1.31. The molecule has 4 rings (SSSR count). The summed E-state index contributed by atoms with van der Waals surface area (Å²) in [4.78, 5) is 15.0. The maximum Gasteiger partial charge on any atom is 0.226 e. The van der Waals surface area contributed by atoms with Crippen LogP contribution in [0.4, 0.5) is 0 Å². The molecule has 0 bridgehead atoms. The molecule has 0 radical (unpaired) electrons. The van der Waals surface area contributed by atoms with Crippen LogP contribution < -0.4 is 5.73 Å². The fourth-order valence-electron chi connectivity index (χ4n) is 3.44. The van der Waals surface area contributed by atoms with E-state index in [1.807, 2.05) is 0 Å². The van der Waals surface area contributed by atoms with Gasteiger partial charge in [-0.05, 0) is 61.3 Å². The summed E-state index contributed by atoms with van der Waals surface area (Å²) in [5.41, 5.74) is 10.5. The zero-order valence-corrected chi connectivity index (χ0v) is 10.9. The molecule has 2 aliphatic rings. The number of primary amides is 1. The van der Waals surface area contributed by atoms with Crippen LogP contribution >= 0.6 is 0 Å². The number of hydrogen-bond donors (Lipinski definition) is 2. The van der Waals surface area contributed by atoms with Crippen LogP contribution in [0, 0.1) is 0 Å². The van der Waals surface area contributed by atoms with E-state index in [0.29, 0.717) is 0 Å². The Balaban J connectivity index is 1.89. The van der Waals surface area contributed by atoms with E-state index in [0.717, 1.165) is 36.4 Å². The smallest absolute Gasteiger partial charge is 0.226 e. The molecule has 2 aromatic rings. The molecule has 3 N–H and O–H groups in total. The number of rotatable bonds is 2. The summed E-state index contributed by atoms with van der Waals surface area (Å²) in [6.07, 6.45) is 5.64. The highest BCUT2D eigenvalue weighted by molar-refractivity contribution is 5.90. The molecule has 3 nitrogen and oxygen atoms in total. The van der Waals surface area contributed by atoms with E-state index < -0.39 is 0 Å². The zero-order chi connectivity index (χ0) is 13.0. The molecule has 3 heteroatoms. The number of fused-ring (bicyclic) bond motifs is 3. The molecule has 0 unspecified atom stereocenters. The fraction of sp³-hybridized carbons (Fsp3) is 0.438. The minimum absolute atomic E-state index is 0.125. The topological polar surface area (TPSA) is 58.9 Å². The summed E-state index contributed by atoms with van der Waals surface area (Å²) >= 11 is 0. The molecule has 1 amide bonds. The largest absolute Gasteiger partial charge is 0.369 e. The number of benzene rings is 1. The molecule has 2 aliphatic carbocycles. The second-order valence-corrected chi connectivity index (χ2v) is 5.94. The Kier molecular flexibility index (Phi) is 2.25. The van der Waals surface area contributed by atoms with Crippen molar-refractivity contribution in [1.82, 2.24) is 4.98 Å². The first-order chi connectivity index (χ1) is 9.24. The third-order valence-electron chi connectivity index (χ3n) is 4.62. The SMILES string of the molecule is NC(=O)[C@H]1CCCc2c1[nH]c1ccc(C3CC3)cc21. The van der Waals surface area contributed by atoms with Crippen LogP contribution in [-0.2, 0) is 11.2 Å². The van der Waals surface area contributed by atoms with Gasteiger partial charge in [-0.3, -0.25) is 4.79 Å². The molecule has 1 atom stereocenters. The van der Waals surface area contributed by atoms with E-state index in [2.05, 4.69) is 23.2 Å². The number of aromatic nitrogens is 1. The number of nitrogens with one attached hydrogen (secondary N) is 1. The first-order valence-corrected chi connectivity index (χ1v) is 7.18. The predicted molar refractivity (Wildman–Crippen MR) is 75.1 cm³/mol. The highest BCUT2D eigenvalue weighted by atomic mass is 16.1. The molecular weight excluding hydrogens is 236 g/mol. The van der Waals surface area contributed by atoms with Crippen LogP contribution in [0.3, 0.4) is 0 Å². The van der Waals surface area contributed by atoms with Crippen molar-refractivity contribution in [1.29, 1.82) is 0 Å². The summed E-state index contributed by atoms with van der Waals surface area (Å²) in [7, 11) is 0. The number of aromatic amines is 1. The second kappa shape index (κ2) is 3.86. The third-order valence-corrected chi connectivity index (χ3v) is 4.62. The van der Waals surface area contributed by atoms with Crippen molar-refractivity contribution in [2.24, 2.45) is 5.73 Å². The number of carbonyl (C=O) groups excluding carboxylic acids is 1. The second-order valence-electron chi connectivity index (χ2n) is 5.94. The lowest BCUT2D eigenvalue weighted by atomic mass is 9.86. The van der Waals surface area contributed by atoms with Gasteiger partial charge in [0.1, 0.15) is 0 Å². The summed E-state index contributed by atoms with van der Waals surface area (Å²) in [5.74, 6) is 0.445. The number of nitrogens with two attached hydrogens (primary N) is 1. The van der Waals surface area contributed by atoms with Gasteiger partial charge in [0, 0.05) is 16.6 Å². The average Bonchev–Trinajstić information content (AvgIpc) is 3.19. The highest BCUT2D eigenvalue weighted by Gasteiger charge is 2.29. The Morgan fingerprint density at radius 3 is 2.84 bits per heavy atom. The molecule has 1 heterocycles. The Morgan fingerprint density at radius 1 is 1.26 bits per heavy atom. The van der Waals surface area contributed by atoms with E-state index in [1.165, 1.54) is 29.4 Å². The monoisotopic (exact) mass is 254 g/mol. The highest BCUT2D eigenvalue weighted by Crippen LogP contribution is 2.42. The minimum atomic E-state index is -0.199. The molecule has 1 aromatic carbocycles. The third kappa shape index (κ3) is 1.68. The van der Waals surface area contributed by atoms with E-state index in [1.54, 1.807) is 0 Å². The van der Waals surface area contributed by atoms with Gasteiger partial charge in [-0.25, -0.2) is 0 Å². The van der Waals surface area contributed by atoms with Gasteiger partial charge >= 0.3 is 0 Å². The van der Waals surface area contributed by atoms with Gasteiger partial charge in [0.2, 0.25) is 5.91 Å². The summed E-state index contributed by atoms with van der Waals surface area (Å²) < 4.78 is 0. The molecule has 0 aliphatic heterocycles. The standard InChI is InChI=1S/C16H18N2O/c17-16(19)12-3-1-2-11-13-8-10(9-4-5-9)6-7-14(13)18-15(11)12/h6-9,12,18H,1-5H2,(H2,17,19)/t12-/m0/s1. The van der Waals surface area contributed by atoms with Crippen molar-refractivity contribution >= 4 is 16.8 Å². The summed E-state index contributed by atoms with van der Waals surface area (Å²) in [6.45, 7) is 0. The molecule has 19 heavy (non-hydrogen) atoms. The lowest BCUT2D eigenvalue weighted by molar-refractivity contribution is -0.119. The van der Waals surface area contributed by atoms with E-state index in [4.69, 9.17) is 5.73 Å². The van der Waals surface area contributed by atoms with Crippen LogP contribution in [0.25, 0.3) is 10.9 Å². The predicted octanol–water partition coefficient (Wildman–Crippen LogP) is 2.95. The Bertz CT molecular complexity index is 667. The maximum absolute atomic E-state index is 11.6. The lowest BCUT2D eigenvalue weighted by Gasteiger charge is -2.19. The molecular formula is C16H18N2O. The average molecular weight is 254 g/mol. The fourth-order valence-corrected chi connectivity index (χ4v) is 3.44. The van der Waals surface area contributed by atoms with Crippen LogP contribution in [0.5, 0.6) is 0 Å². The van der Waals surface area contributed by atoms with Crippen LogP contribution in [-0.4, -0.2) is 10.9 Å². The van der Waals surface area contributed by atoms with Crippen molar-refractivity contribution in [2.45, 2.75) is 43.9 Å². The van der Waals surface area contributed by atoms with Gasteiger partial charge in [0.15, 0.2) is 0 Å². The quantitative estimate of drug-likeness (QED) is 0.850. The van der Waals surface area contributed by atoms with Gasteiger partial charge in [-0.15, -0.1) is 0 Å². The van der Waals surface area contributed by atoms with Gasteiger partial charge in [0.25, 0.3) is 0 Å². The number of H-pyrrole nitrogens is 1. The van der Waals surface area contributed by atoms with Crippen LogP contribution in [0.15, 0.2) is 18.2 Å². The van der Waals surface area contributed by atoms with Crippen molar-refractivity contribution in [3.8, 4) is 0 Å². The molecule has 0 spiro atoms. The molecule has 98 valence electrons. The zero-order valence-electron chi connectivity index (χ0n) is 10.9. The van der Waals surface area contributed by atoms with Crippen molar-refractivity contribution in [3.05, 3.63) is 35.0 Å². The van der Waals surface area contributed by atoms with Gasteiger partial charge in [0.05, 0.1) is 5.92 Å². The van der Waals surface area contributed by atoms with E-state index in [-0.39, 0.29) is 11.8 Å². The number of hydrogen-bond acceptors (Lipinski definition) is 1. The van der Waals surface area contributed by atoms with Crippen molar-refractivity contribution in [3.63, 3.8) is 0 Å². The maximum atomic E-state index is 11.6. The number of amides is 1. The minimum Gasteiger partial charge on any atom is -0.369 e. The van der Waals surface area contributed by atoms with Gasteiger partial charge in [-0.2, -0.15) is 0 Å². The summed E-state index contributed by atoms with van der Waals surface area (Å²) in [6, 6.07) is 6.71. The van der Waals surface area contributed by atoms with Gasteiger partial charge in [-0.1, -0.05) is 6.07 Å². The van der Waals surface area contributed by atoms with Gasteiger partial charge < -0.3 is 10.7 Å². The lowest BCUT2D eigenvalue weighted by Crippen LogP contribution is -2.24. The first kappa shape index (κ1) is 11.1. The molecule has 1 aromatic heterocycles. The van der Waals surface area contributed by atoms with Crippen molar-refractivity contribution in [2.75, 3.05) is 0 Å². The Labute approximate surface area is 112 Å². The molecule has 1 fully saturated rings. The van der Waals surface area contributed by atoms with E-state index in [9.17, 15) is 4.79 Å². The van der Waals surface area contributed by atoms with Crippen molar-refractivity contribution < 1.29 is 4.79 Å². The van der Waals surface area contributed by atoms with Crippen LogP contribution in [0.2, 0.25) is 0 Å². The normalized spacial score (nSPS) is 22.4. The van der Waals surface area contributed by atoms with E-state index >= 15 is 0 Å². The Hall–Kier alpha value is -1.77. The molecule has 1 saturated carbocycles.